The van der Waals surface area contributed by atoms with Crippen molar-refractivity contribution in [2.45, 2.75) is 49.8 Å². The number of rotatable bonds is 5. The zero-order chi connectivity index (χ0) is 21.7. The van der Waals surface area contributed by atoms with Crippen LogP contribution in [0.15, 0.2) is 59.5 Å². The maximum atomic E-state index is 12.9. The number of hydrogen-bond donors (Lipinski definition) is 0. The van der Waals surface area contributed by atoms with Crippen molar-refractivity contribution in [1.82, 2.24) is 9.21 Å². The molecule has 0 N–H and O–H groups in total. The average Bonchev–Trinajstić information content (AvgIpc) is 3.10. The molecule has 0 bridgehead atoms. The molecule has 0 aliphatic carbocycles. The van der Waals surface area contributed by atoms with Crippen LogP contribution in [0, 0.1) is 5.92 Å². The fraction of sp³-hybridized carbons (Fsp3) is 0.480. The van der Waals surface area contributed by atoms with Gasteiger partial charge < -0.3 is 4.90 Å². The van der Waals surface area contributed by atoms with Gasteiger partial charge in [0.05, 0.1) is 4.90 Å². The quantitative estimate of drug-likeness (QED) is 0.695. The molecule has 2 aliphatic heterocycles. The first kappa shape index (κ1) is 22.0. The van der Waals surface area contributed by atoms with Crippen molar-refractivity contribution in [3.63, 3.8) is 0 Å². The van der Waals surface area contributed by atoms with Gasteiger partial charge in [0.2, 0.25) is 10.0 Å². The van der Waals surface area contributed by atoms with Gasteiger partial charge in [-0.1, -0.05) is 43.2 Å². The number of benzene rings is 2. The minimum absolute atomic E-state index is 0.00289. The van der Waals surface area contributed by atoms with Gasteiger partial charge in [0, 0.05) is 31.7 Å². The van der Waals surface area contributed by atoms with Gasteiger partial charge in [-0.05, 0) is 67.9 Å². The van der Waals surface area contributed by atoms with E-state index in [1.54, 1.807) is 28.6 Å². The summed E-state index contributed by atoms with van der Waals surface area (Å²) in [6.07, 6.45) is 7.06. The monoisotopic (exact) mass is 440 g/mol. The van der Waals surface area contributed by atoms with Gasteiger partial charge in [-0.15, -0.1) is 0 Å². The maximum absolute atomic E-state index is 12.9. The number of sulfonamides is 1. The minimum atomic E-state index is -3.48. The molecular formula is C25H32N2O3S. The number of piperidine rings is 1. The Morgan fingerprint density at radius 1 is 0.806 bits per heavy atom. The summed E-state index contributed by atoms with van der Waals surface area (Å²) in [6, 6.07) is 17.0. The third-order valence-electron chi connectivity index (χ3n) is 6.57. The summed E-state index contributed by atoms with van der Waals surface area (Å²) in [5.41, 5.74) is 1.92. The highest BCUT2D eigenvalue weighted by atomic mass is 32.2. The molecule has 0 saturated carbocycles. The third kappa shape index (κ3) is 5.36. The van der Waals surface area contributed by atoms with Crippen LogP contribution in [-0.2, 0) is 16.4 Å². The summed E-state index contributed by atoms with van der Waals surface area (Å²) in [7, 11) is -3.48. The Hall–Kier alpha value is -2.18. The van der Waals surface area contributed by atoms with E-state index in [1.165, 1.54) is 5.56 Å². The molecule has 0 aromatic heterocycles. The zero-order valence-electron chi connectivity index (χ0n) is 18.1. The fourth-order valence-corrected chi connectivity index (χ4v) is 6.19. The Morgan fingerprint density at radius 2 is 1.42 bits per heavy atom. The van der Waals surface area contributed by atoms with E-state index >= 15 is 0 Å². The van der Waals surface area contributed by atoms with E-state index < -0.39 is 10.0 Å². The maximum Gasteiger partial charge on any atom is 0.253 e. The summed E-state index contributed by atoms with van der Waals surface area (Å²) in [5, 5.41) is 0. The van der Waals surface area contributed by atoms with Gasteiger partial charge in [-0.25, -0.2) is 8.42 Å². The largest absolute Gasteiger partial charge is 0.339 e. The summed E-state index contributed by atoms with van der Waals surface area (Å²) >= 11 is 0. The average molecular weight is 441 g/mol. The minimum Gasteiger partial charge on any atom is -0.339 e. The predicted molar refractivity (Wildman–Crippen MR) is 122 cm³/mol. The molecule has 0 radical (unpaired) electrons. The van der Waals surface area contributed by atoms with Gasteiger partial charge in [0.15, 0.2) is 0 Å². The molecule has 0 atom stereocenters. The summed E-state index contributed by atoms with van der Waals surface area (Å²) in [6.45, 7) is 2.68. The predicted octanol–water partition coefficient (Wildman–Crippen LogP) is 4.35. The molecule has 2 aliphatic rings. The van der Waals surface area contributed by atoms with Crippen LogP contribution in [0.5, 0.6) is 0 Å². The summed E-state index contributed by atoms with van der Waals surface area (Å²) in [5.74, 6) is 0.601. The second-order valence-electron chi connectivity index (χ2n) is 8.77. The van der Waals surface area contributed by atoms with Gasteiger partial charge in [0.25, 0.3) is 5.91 Å². The Morgan fingerprint density at radius 3 is 2.03 bits per heavy atom. The second-order valence-corrected chi connectivity index (χ2v) is 10.7. The SMILES string of the molecule is O=C(c1ccc(S(=O)(=O)N2CCCCCC2)cc1)N1CCC(Cc2ccccc2)CC1. The van der Waals surface area contributed by atoms with E-state index in [9.17, 15) is 13.2 Å². The molecule has 5 nitrogen and oxygen atoms in total. The van der Waals surface area contributed by atoms with Crippen LogP contribution in [-0.4, -0.2) is 49.7 Å². The van der Waals surface area contributed by atoms with E-state index in [-0.39, 0.29) is 10.8 Å². The van der Waals surface area contributed by atoms with Crippen LogP contribution >= 0.6 is 0 Å². The van der Waals surface area contributed by atoms with Gasteiger partial charge in [-0.2, -0.15) is 4.31 Å². The molecule has 31 heavy (non-hydrogen) atoms. The highest BCUT2D eigenvalue weighted by Gasteiger charge is 2.27. The van der Waals surface area contributed by atoms with Gasteiger partial charge in [-0.3, -0.25) is 4.79 Å². The van der Waals surface area contributed by atoms with E-state index in [2.05, 4.69) is 24.3 Å². The molecule has 6 heteroatoms. The molecule has 166 valence electrons. The Kier molecular flexibility index (Phi) is 7.08. The number of carbonyl (C=O) groups excluding carboxylic acids is 1. The molecular weight excluding hydrogens is 408 g/mol. The first-order chi connectivity index (χ1) is 15.0. The lowest BCUT2D eigenvalue weighted by molar-refractivity contribution is 0.0690. The van der Waals surface area contributed by atoms with Crippen LogP contribution in [0.25, 0.3) is 0 Å². The van der Waals surface area contributed by atoms with Crippen molar-refractivity contribution < 1.29 is 13.2 Å². The van der Waals surface area contributed by atoms with Gasteiger partial charge >= 0.3 is 0 Å². The van der Waals surface area contributed by atoms with E-state index in [1.807, 2.05) is 11.0 Å². The van der Waals surface area contributed by atoms with Crippen LogP contribution in [0.3, 0.4) is 0 Å². The topological polar surface area (TPSA) is 57.7 Å². The Balaban J connectivity index is 1.35. The van der Waals surface area contributed by atoms with Crippen molar-refractivity contribution >= 4 is 15.9 Å². The Labute approximate surface area is 186 Å². The number of likely N-dealkylation sites (tertiary alicyclic amines) is 1. The smallest absolute Gasteiger partial charge is 0.253 e. The third-order valence-corrected chi connectivity index (χ3v) is 8.49. The number of carbonyl (C=O) groups is 1. The molecule has 2 saturated heterocycles. The Bertz CT molecular complexity index is 958. The van der Waals surface area contributed by atoms with Crippen molar-refractivity contribution in [2.75, 3.05) is 26.2 Å². The lowest BCUT2D eigenvalue weighted by Crippen LogP contribution is -2.39. The fourth-order valence-electron chi connectivity index (χ4n) is 4.67. The molecule has 0 spiro atoms. The van der Waals surface area contributed by atoms with Crippen molar-refractivity contribution in [3.05, 3.63) is 65.7 Å². The molecule has 1 amide bonds. The molecule has 4 rings (SSSR count). The van der Waals surface area contributed by atoms with Crippen molar-refractivity contribution in [3.8, 4) is 0 Å². The van der Waals surface area contributed by atoms with Crippen LogP contribution in [0.2, 0.25) is 0 Å². The summed E-state index contributed by atoms with van der Waals surface area (Å²) < 4.78 is 27.5. The van der Waals surface area contributed by atoms with E-state index in [0.29, 0.717) is 24.6 Å². The molecule has 2 fully saturated rings. The molecule has 0 unspecified atom stereocenters. The van der Waals surface area contributed by atoms with Crippen molar-refractivity contribution in [1.29, 1.82) is 0 Å². The van der Waals surface area contributed by atoms with Crippen LogP contribution < -0.4 is 0 Å². The van der Waals surface area contributed by atoms with Crippen LogP contribution in [0.4, 0.5) is 0 Å². The van der Waals surface area contributed by atoms with Crippen molar-refractivity contribution in [2.24, 2.45) is 5.92 Å². The summed E-state index contributed by atoms with van der Waals surface area (Å²) in [4.78, 5) is 15.1. The number of amides is 1. The lowest BCUT2D eigenvalue weighted by Gasteiger charge is -2.32. The lowest BCUT2D eigenvalue weighted by atomic mass is 9.90. The number of hydrogen-bond acceptors (Lipinski definition) is 3. The molecule has 2 aromatic rings. The first-order valence-electron chi connectivity index (χ1n) is 11.5. The highest BCUT2D eigenvalue weighted by molar-refractivity contribution is 7.89. The number of nitrogens with zero attached hydrogens (tertiary/aromatic N) is 2. The highest BCUT2D eigenvalue weighted by Crippen LogP contribution is 2.24. The standard InChI is InChI=1S/C25H32N2O3S/c28-25(26-18-14-22(15-19-26)20-21-8-4-3-5-9-21)23-10-12-24(13-11-23)31(29,30)27-16-6-1-2-7-17-27/h3-5,8-13,22H,1-2,6-7,14-20H2. The van der Waals surface area contributed by atoms with Crippen LogP contribution in [0.1, 0.15) is 54.4 Å². The normalized spacial score (nSPS) is 19.2. The van der Waals surface area contributed by atoms with Gasteiger partial charge in [0.1, 0.15) is 0 Å². The van der Waals surface area contributed by atoms with E-state index in [4.69, 9.17) is 0 Å². The van der Waals surface area contributed by atoms with E-state index in [0.717, 1.165) is 58.0 Å². The second kappa shape index (κ2) is 9.96. The first-order valence-corrected chi connectivity index (χ1v) is 12.9. The molecule has 2 heterocycles. The zero-order valence-corrected chi connectivity index (χ0v) is 18.9. The molecule has 2 aromatic carbocycles.